The zero-order chi connectivity index (χ0) is 15.4. The molecular formula is C17H26N2O3. The van der Waals surface area contributed by atoms with Crippen LogP contribution in [0.4, 0.5) is 0 Å². The van der Waals surface area contributed by atoms with Crippen molar-refractivity contribution in [3.8, 4) is 0 Å². The summed E-state index contributed by atoms with van der Waals surface area (Å²) < 4.78 is 11.3. The van der Waals surface area contributed by atoms with Gasteiger partial charge in [0.1, 0.15) is 5.76 Å². The maximum atomic E-state index is 12.2. The number of ether oxygens (including phenoxy) is 1. The van der Waals surface area contributed by atoms with E-state index in [0.717, 1.165) is 56.8 Å². The minimum Gasteiger partial charge on any atom is -0.456 e. The lowest BCUT2D eigenvalue weighted by Gasteiger charge is -2.13. The van der Waals surface area contributed by atoms with Crippen LogP contribution >= 0.6 is 0 Å². The highest BCUT2D eigenvalue weighted by atomic mass is 16.5. The zero-order valence-electron chi connectivity index (χ0n) is 13.4. The number of amides is 1. The highest BCUT2D eigenvalue weighted by molar-refractivity contribution is 5.91. The fourth-order valence-corrected chi connectivity index (χ4v) is 3.29. The van der Waals surface area contributed by atoms with Gasteiger partial charge in [0.2, 0.25) is 0 Å². The second-order valence-corrected chi connectivity index (χ2v) is 6.24. The quantitative estimate of drug-likeness (QED) is 0.876. The molecule has 5 heteroatoms. The van der Waals surface area contributed by atoms with Crippen LogP contribution in [-0.4, -0.2) is 43.2 Å². The molecule has 122 valence electrons. The van der Waals surface area contributed by atoms with Crippen LogP contribution in [0.25, 0.3) is 0 Å². The van der Waals surface area contributed by atoms with Gasteiger partial charge in [-0.25, -0.2) is 0 Å². The normalized spacial score (nSPS) is 22.3. The maximum Gasteiger partial charge on any atom is 0.287 e. The predicted octanol–water partition coefficient (Wildman–Crippen LogP) is 2.35. The molecule has 0 saturated carbocycles. The Kier molecular flexibility index (Phi) is 5.16. The number of aryl methyl sites for hydroxylation is 1. The van der Waals surface area contributed by atoms with Crippen molar-refractivity contribution in [1.82, 2.24) is 10.2 Å². The van der Waals surface area contributed by atoms with E-state index in [1.807, 2.05) is 6.07 Å². The summed E-state index contributed by atoms with van der Waals surface area (Å²) in [7, 11) is 0. The minimum absolute atomic E-state index is 0.127. The Hall–Kier alpha value is -1.33. The Bertz CT molecular complexity index is 500. The van der Waals surface area contributed by atoms with Gasteiger partial charge in [0, 0.05) is 31.7 Å². The first-order valence-corrected chi connectivity index (χ1v) is 8.50. The highest BCUT2D eigenvalue weighted by Crippen LogP contribution is 2.21. The molecule has 0 aromatic carbocycles. The number of nitrogens with zero attached hydrogens (tertiary/aromatic N) is 1. The number of likely N-dealkylation sites (tertiary alicyclic amines) is 1. The number of nitrogens with one attached hydrogen (secondary N) is 1. The molecule has 1 atom stereocenters. The van der Waals surface area contributed by atoms with Crippen molar-refractivity contribution in [2.45, 2.75) is 51.7 Å². The summed E-state index contributed by atoms with van der Waals surface area (Å²) in [5.41, 5.74) is 1.16. The Labute approximate surface area is 132 Å². The van der Waals surface area contributed by atoms with Gasteiger partial charge in [-0.15, -0.1) is 0 Å². The molecule has 2 fully saturated rings. The van der Waals surface area contributed by atoms with Crippen molar-refractivity contribution in [3.63, 3.8) is 0 Å². The molecule has 0 spiro atoms. The molecule has 2 aliphatic heterocycles. The topological polar surface area (TPSA) is 54.7 Å². The third kappa shape index (κ3) is 3.70. The number of furan rings is 1. The van der Waals surface area contributed by atoms with Gasteiger partial charge in [-0.3, -0.25) is 9.69 Å². The Morgan fingerprint density at radius 2 is 2.18 bits per heavy atom. The maximum absolute atomic E-state index is 12.2. The van der Waals surface area contributed by atoms with Gasteiger partial charge in [-0.05, 0) is 44.8 Å². The SMILES string of the molecule is CCc1oc(C(=O)NC[C@H]2CCCO2)cc1CN1CCCC1. The second-order valence-electron chi connectivity index (χ2n) is 6.24. The molecule has 3 heterocycles. The summed E-state index contributed by atoms with van der Waals surface area (Å²) in [4.78, 5) is 14.7. The van der Waals surface area contributed by atoms with E-state index in [4.69, 9.17) is 9.15 Å². The van der Waals surface area contributed by atoms with Crippen LogP contribution in [0, 0.1) is 0 Å². The van der Waals surface area contributed by atoms with E-state index < -0.39 is 0 Å². The van der Waals surface area contributed by atoms with Crippen molar-refractivity contribution in [1.29, 1.82) is 0 Å². The van der Waals surface area contributed by atoms with E-state index in [-0.39, 0.29) is 12.0 Å². The number of carbonyl (C=O) groups excluding carboxylic acids is 1. The number of hydrogen-bond donors (Lipinski definition) is 1. The molecule has 0 radical (unpaired) electrons. The van der Waals surface area contributed by atoms with E-state index in [0.29, 0.717) is 12.3 Å². The summed E-state index contributed by atoms with van der Waals surface area (Å²) in [5, 5.41) is 2.93. The van der Waals surface area contributed by atoms with Crippen LogP contribution in [-0.2, 0) is 17.7 Å². The molecule has 1 aromatic heterocycles. The lowest BCUT2D eigenvalue weighted by Crippen LogP contribution is -2.31. The summed E-state index contributed by atoms with van der Waals surface area (Å²) in [6.07, 6.45) is 5.64. The van der Waals surface area contributed by atoms with E-state index in [9.17, 15) is 4.79 Å². The average Bonchev–Trinajstić information content (AvgIpc) is 3.27. The zero-order valence-corrected chi connectivity index (χ0v) is 13.4. The van der Waals surface area contributed by atoms with Gasteiger partial charge < -0.3 is 14.5 Å². The third-order valence-corrected chi connectivity index (χ3v) is 4.55. The van der Waals surface area contributed by atoms with Crippen molar-refractivity contribution in [3.05, 3.63) is 23.2 Å². The molecule has 3 rings (SSSR count). The van der Waals surface area contributed by atoms with Gasteiger partial charge in [0.25, 0.3) is 5.91 Å². The molecule has 0 unspecified atom stereocenters. The van der Waals surface area contributed by atoms with Gasteiger partial charge in [0.05, 0.1) is 6.10 Å². The van der Waals surface area contributed by atoms with Crippen LogP contribution in [0.2, 0.25) is 0 Å². The van der Waals surface area contributed by atoms with Gasteiger partial charge in [-0.2, -0.15) is 0 Å². The van der Waals surface area contributed by atoms with E-state index in [1.165, 1.54) is 12.8 Å². The largest absolute Gasteiger partial charge is 0.456 e. The highest BCUT2D eigenvalue weighted by Gasteiger charge is 2.21. The fraction of sp³-hybridized carbons (Fsp3) is 0.706. The molecule has 1 amide bonds. The van der Waals surface area contributed by atoms with Crippen LogP contribution in [0.5, 0.6) is 0 Å². The summed E-state index contributed by atoms with van der Waals surface area (Å²) in [6, 6.07) is 1.92. The number of rotatable bonds is 6. The van der Waals surface area contributed by atoms with Gasteiger partial charge in [-0.1, -0.05) is 6.92 Å². The van der Waals surface area contributed by atoms with Crippen molar-refractivity contribution in [2.24, 2.45) is 0 Å². The number of carbonyl (C=O) groups is 1. The first-order chi connectivity index (χ1) is 10.8. The first kappa shape index (κ1) is 15.6. The molecule has 2 aliphatic rings. The second kappa shape index (κ2) is 7.29. The molecule has 1 N–H and O–H groups in total. The van der Waals surface area contributed by atoms with Crippen LogP contribution in [0.3, 0.4) is 0 Å². The molecule has 0 aliphatic carbocycles. The predicted molar refractivity (Wildman–Crippen MR) is 83.9 cm³/mol. The van der Waals surface area contributed by atoms with E-state index >= 15 is 0 Å². The molecule has 2 saturated heterocycles. The monoisotopic (exact) mass is 306 g/mol. The van der Waals surface area contributed by atoms with Crippen molar-refractivity contribution in [2.75, 3.05) is 26.2 Å². The first-order valence-electron chi connectivity index (χ1n) is 8.50. The van der Waals surface area contributed by atoms with Crippen molar-refractivity contribution < 1.29 is 13.9 Å². The average molecular weight is 306 g/mol. The minimum atomic E-state index is -0.127. The third-order valence-electron chi connectivity index (χ3n) is 4.55. The van der Waals surface area contributed by atoms with Crippen LogP contribution < -0.4 is 5.32 Å². The van der Waals surface area contributed by atoms with Crippen LogP contribution in [0.15, 0.2) is 10.5 Å². The standard InChI is InChI=1S/C17H26N2O3/c1-2-15-13(12-19-7-3-4-8-19)10-16(22-15)17(20)18-11-14-6-5-9-21-14/h10,14H,2-9,11-12H2,1H3,(H,18,20)/t14-/m1/s1. The molecule has 0 bridgehead atoms. The summed E-state index contributed by atoms with van der Waals surface area (Å²) in [6.45, 7) is 6.64. The molecular weight excluding hydrogens is 280 g/mol. The van der Waals surface area contributed by atoms with E-state index in [2.05, 4.69) is 17.1 Å². The smallest absolute Gasteiger partial charge is 0.287 e. The number of hydrogen-bond acceptors (Lipinski definition) is 4. The van der Waals surface area contributed by atoms with Gasteiger partial charge in [0.15, 0.2) is 5.76 Å². The Morgan fingerprint density at radius 1 is 1.36 bits per heavy atom. The van der Waals surface area contributed by atoms with E-state index in [1.54, 1.807) is 0 Å². The lowest BCUT2D eigenvalue weighted by molar-refractivity contribution is 0.0834. The fourth-order valence-electron chi connectivity index (χ4n) is 3.29. The summed E-state index contributed by atoms with van der Waals surface area (Å²) in [5.74, 6) is 1.25. The molecule has 5 nitrogen and oxygen atoms in total. The Morgan fingerprint density at radius 3 is 2.86 bits per heavy atom. The molecule has 22 heavy (non-hydrogen) atoms. The Balaban J connectivity index is 1.59. The lowest BCUT2D eigenvalue weighted by atomic mass is 10.2. The molecule has 1 aromatic rings. The van der Waals surface area contributed by atoms with Crippen LogP contribution in [0.1, 0.15) is 54.5 Å². The van der Waals surface area contributed by atoms with Crippen molar-refractivity contribution >= 4 is 5.91 Å². The summed E-state index contributed by atoms with van der Waals surface area (Å²) >= 11 is 0. The van der Waals surface area contributed by atoms with Gasteiger partial charge >= 0.3 is 0 Å².